The number of rotatable bonds is 5. The molecule has 0 aliphatic heterocycles. The number of carboxylic acid groups (broad SMARTS) is 1. The molecule has 2 aromatic rings. The van der Waals surface area contributed by atoms with Gasteiger partial charge in [0.25, 0.3) is 0 Å². The van der Waals surface area contributed by atoms with Crippen molar-refractivity contribution < 1.29 is 14.6 Å². The molecule has 0 bridgehead atoms. The summed E-state index contributed by atoms with van der Waals surface area (Å²) >= 11 is 3.26. The van der Waals surface area contributed by atoms with Gasteiger partial charge in [0.2, 0.25) is 5.88 Å². The Hall–Kier alpha value is -2.08. The Morgan fingerprint density at radius 2 is 2.20 bits per heavy atom. The number of hydrogen-bond acceptors (Lipinski definition) is 4. The lowest BCUT2D eigenvalue weighted by Crippen LogP contribution is -2.06. The quantitative estimate of drug-likeness (QED) is 0.877. The van der Waals surface area contributed by atoms with E-state index in [9.17, 15) is 4.79 Å². The normalized spacial score (nSPS) is 10.1. The predicted octanol–water partition coefficient (Wildman–Crippen LogP) is 3.16. The van der Waals surface area contributed by atoms with Crippen LogP contribution >= 0.6 is 15.9 Å². The van der Waals surface area contributed by atoms with Gasteiger partial charge in [-0.1, -0.05) is 22.0 Å². The molecule has 1 aromatic carbocycles. The highest BCUT2D eigenvalue weighted by molar-refractivity contribution is 9.10. The fraction of sp³-hybridized carbons (Fsp3) is 0.143. The molecule has 0 radical (unpaired) electrons. The van der Waals surface area contributed by atoms with Gasteiger partial charge in [-0.05, 0) is 23.8 Å². The third-order valence-electron chi connectivity index (χ3n) is 2.70. The molecule has 0 aliphatic carbocycles. The molecule has 5 nitrogen and oxygen atoms in total. The van der Waals surface area contributed by atoms with Crippen LogP contribution in [0.5, 0.6) is 5.88 Å². The first-order valence-corrected chi connectivity index (χ1v) is 6.65. The number of carbonyl (C=O) groups is 1. The summed E-state index contributed by atoms with van der Waals surface area (Å²) in [5.74, 6) is -0.426. The number of ether oxygens (including phenoxy) is 1. The summed E-state index contributed by atoms with van der Waals surface area (Å²) in [7, 11) is 1.56. The minimum absolute atomic E-state index is 0.223. The Balaban J connectivity index is 2.12. The zero-order valence-corrected chi connectivity index (χ0v) is 12.3. The van der Waals surface area contributed by atoms with Crippen molar-refractivity contribution in [2.75, 3.05) is 12.4 Å². The molecule has 104 valence electrons. The number of pyridine rings is 1. The van der Waals surface area contributed by atoms with E-state index >= 15 is 0 Å². The fourth-order valence-electron chi connectivity index (χ4n) is 1.68. The monoisotopic (exact) mass is 336 g/mol. The van der Waals surface area contributed by atoms with Crippen molar-refractivity contribution >= 4 is 27.6 Å². The summed E-state index contributed by atoms with van der Waals surface area (Å²) < 4.78 is 5.71. The lowest BCUT2D eigenvalue weighted by molar-refractivity contribution is 0.0698. The third kappa shape index (κ3) is 3.48. The first kappa shape index (κ1) is 14.3. The molecular formula is C14H13BrN2O3. The summed E-state index contributed by atoms with van der Waals surface area (Å²) in [4.78, 5) is 15.3. The smallest absolute Gasteiger partial charge is 0.337 e. The summed E-state index contributed by atoms with van der Waals surface area (Å²) in [6, 6.07) is 8.72. The second-order valence-electron chi connectivity index (χ2n) is 4.06. The maximum absolute atomic E-state index is 11.2. The van der Waals surface area contributed by atoms with E-state index in [1.54, 1.807) is 37.6 Å². The van der Waals surface area contributed by atoms with E-state index in [2.05, 4.69) is 26.2 Å². The van der Waals surface area contributed by atoms with Gasteiger partial charge < -0.3 is 15.2 Å². The van der Waals surface area contributed by atoms with E-state index < -0.39 is 5.97 Å². The SMILES string of the molecule is COc1ccc(CNc2ccc(Br)cc2C(=O)O)cn1. The number of hydrogen-bond donors (Lipinski definition) is 2. The topological polar surface area (TPSA) is 71.5 Å². The molecule has 0 saturated carbocycles. The van der Waals surface area contributed by atoms with E-state index in [0.29, 0.717) is 18.1 Å². The molecule has 2 N–H and O–H groups in total. The zero-order chi connectivity index (χ0) is 14.5. The number of aromatic carboxylic acids is 1. The Labute approximate surface area is 124 Å². The van der Waals surface area contributed by atoms with Crippen LogP contribution in [0.3, 0.4) is 0 Å². The lowest BCUT2D eigenvalue weighted by atomic mass is 10.1. The van der Waals surface area contributed by atoms with Crippen LogP contribution in [0, 0.1) is 0 Å². The van der Waals surface area contributed by atoms with Gasteiger partial charge in [-0.2, -0.15) is 0 Å². The van der Waals surface area contributed by atoms with Crippen molar-refractivity contribution in [3.63, 3.8) is 0 Å². The summed E-state index contributed by atoms with van der Waals surface area (Å²) in [6.07, 6.45) is 1.69. The second-order valence-corrected chi connectivity index (χ2v) is 4.97. The zero-order valence-electron chi connectivity index (χ0n) is 10.8. The Morgan fingerprint density at radius 1 is 1.40 bits per heavy atom. The molecule has 0 amide bonds. The van der Waals surface area contributed by atoms with Gasteiger partial charge in [0.15, 0.2) is 0 Å². The van der Waals surface area contributed by atoms with Crippen LogP contribution in [-0.4, -0.2) is 23.2 Å². The first-order chi connectivity index (χ1) is 9.60. The average molecular weight is 337 g/mol. The molecule has 0 fully saturated rings. The van der Waals surface area contributed by atoms with Crippen LogP contribution in [-0.2, 0) is 6.54 Å². The number of benzene rings is 1. The molecule has 20 heavy (non-hydrogen) atoms. The van der Waals surface area contributed by atoms with E-state index in [1.807, 2.05) is 6.07 Å². The summed E-state index contributed by atoms with van der Waals surface area (Å²) in [6.45, 7) is 0.485. The van der Waals surface area contributed by atoms with Crippen molar-refractivity contribution in [3.8, 4) is 5.88 Å². The number of nitrogens with zero attached hydrogens (tertiary/aromatic N) is 1. The Bertz CT molecular complexity index is 614. The maximum atomic E-state index is 11.2. The minimum Gasteiger partial charge on any atom is -0.481 e. The van der Waals surface area contributed by atoms with Crippen molar-refractivity contribution in [2.45, 2.75) is 6.54 Å². The van der Waals surface area contributed by atoms with Gasteiger partial charge in [-0.3, -0.25) is 0 Å². The predicted molar refractivity (Wildman–Crippen MR) is 79.2 cm³/mol. The molecule has 0 atom stereocenters. The van der Waals surface area contributed by atoms with E-state index in [4.69, 9.17) is 9.84 Å². The van der Waals surface area contributed by atoms with Gasteiger partial charge in [-0.15, -0.1) is 0 Å². The Kier molecular flexibility index (Phi) is 4.57. The van der Waals surface area contributed by atoms with Crippen molar-refractivity contribution in [3.05, 3.63) is 52.1 Å². The highest BCUT2D eigenvalue weighted by atomic mass is 79.9. The Morgan fingerprint density at radius 3 is 2.80 bits per heavy atom. The molecular weight excluding hydrogens is 324 g/mol. The minimum atomic E-state index is -0.971. The van der Waals surface area contributed by atoms with Crippen molar-refractivity contribution in [1.29, 1.82) is 0 Å². The highest BCUT2D eigenvalue weighted by Crippen LogP contribution is 2.21. The van der Waals surface area contributed by atoms with Crippen LogP contribution in [0.15, 0.2) is 41.0 Å². The van der Waals surface area contributed by atoms with Gasteiger partial charge in [0.1, 0.15) is 0 Å². The molecule has 2 rings (SSSR count). The second kappa shape index (κ2) is 6.38. The van der Waals surface area contributed by atoms with Crippen LogP contribution in [0.1, 0.15) is 15.9 Å². The van der Waals surface area contributed by atoms with Crippen LogP contribution in [0.4, 0.5) is 5.69 Å². The highest BCUT2D eigenvalue weighted by Gasteiger charge is 2.10. The molecule has 1 heterocycles. The molecule has 0 unspecified atom stereocenters. The number of carboxylic acids is 1. The van der Waals surface area contributed by atoms with Gasteiger partial charge in [0.05, 0.1) is 12.7 Å². The number of halogens is 1. The van der Waals surface area contributed by atoms with E-state index in [-0.39, 0.29) is 5.56 Å². The number of methoxy groups -OCH3 is 1. The van der Waals surface area contributed by atoms with Crippen LogP contribution < -0.4 is 10.1 Å². The van der Waals surface area contributed by atoms with Crippen LogP contribution in [0.25, 0.3) is 0 Å². The van der Waals surface area contributed by atoms with Crippen molar-refractivity contribution in [2.24, 2.45) is 0 Å². The fourth-order valence-corrected chi connectivity index (χ4v) is 2.04. The summed E-state index contributed by atoms with van der Waals surface area (Å²) in [5, 5.41) is 12.3. The first-order valence-electron chi connectivity index (χ1n) is 5.86. The van der Waals surface area contributed by atoms with E-state index in [1.165, 1.54) is 0 Å². The largest absolute Gasteiger partial charge is 0.481 e. The van der Waals surface area contributed by atoms with Crippen molar-refractivity contribution in [1.82, 2.24) is 4.98 Å². The molecule has 0 spiro atoms. The van der Waals surface area contributed by atoms with Gasteiger partial charge in [0, 0.05) is 29.0 Å². The number of nitrogens with one attached hydrogen (secondary N) is 1. The molecule has 6 heteroatoms. The molecule has 1 aromatic heterocycles. The third-order valence-corrected chi connectivity index (χ3v) is 3.19. The molecule has 0 saturated heterocycles. The standard InChI is InChI=1S/C14H13BrN2O3/c1-20-13-5-2-9(8-17-13)7-16-12-4-3-10(15)6-11(12)14(18)19/h2-6,8,16H,7H2,1H3,(H,18,19). The van der Waals surface area contributed by atoms with E-state index in [0.717, 1.165) is 10.0 Å². The number of aromatic nitrogens is 1. The van der Waals surface area contributed by atoms with Gasteiger partial charge >= 0.3 is 5.97 Å². The molecule has 0 aliphatic rings. The van der Waals surface area contributed by atoms with Crippen LogP contribution in [0.2, 0.25) is 0 Å². The maximum Gasteiger partial charge on any atom is 0.337 e. The lowest BCUT2D eigenvalue weighted by Gasteiger charge is -2.10. The summed E-state index contributed by atoms with van der Waals surface area (Å²) in [5.41, 5.74) is 1.72. The number of anilines is 1. The average Bonchev–Trinajstić information content (AvgIpc) is 2.46. The van der Waals surface area contributed by atoms with Gasteiger partial charge in [-0.25, -0.2) is 9.78 Å².